The molecule has 2 rings (SSSR count). The average molecular weight is 355 g/mol. The third-order valence-electron chi connectivity index (χ3n) is 3.99. The third-order valence-corrected chi connectivity index (χ3v) is 3.99. The topological polar surface area (TPSA) is 96.8 Å². The third kappa shape index (κ3) is 4.10. The number of pyridine rings is 1. The lowest BCUT2D eigenvalue weighted by Gasteiger charge is -2.13. The maximum atomic E-state index is 12.4. The summed E-state index contributed by atoms with van der Waals surface area (Å²) < 4.78 is 11.3. The molecule has 0 saturated carbocycles. The van der Waals surface area contributed by atoms with Crippen LogP contribution in [0.3, 0.4) is 0 Å². The maximum absolute atomic E-state index is 12.4. The van der Waals surface area contributed by atoms with Gasteiger partial charge in [-0.25, -0.2) is 0 Å². The smallest absolute Gasteiger partial charge is 0.271 e. The molecule has 0 aliphatic rings. The molecule has 136 valence electrons. The van der Waals surface area contributed by atoms with Crippen molar-refractivity contribution in [1.82, 2.24) is 4.57 Å². The highest BCUT2D eigenvalue weighted by Crippen LogP contribution is 2.22. The first kappa shape index (κ1) is 19.2. The molecule has 0 radical (unpaired) electrons. The van der Waals surface area contributed by atoms with E-state index >= 15 is 0 Å². The maximum Gasteiger partial charge on any atom is 0.271 e. The molecule has 1 heterocycles. The van der Waals surface area contributed by atoms with Gasteiger partial charge in [0.15, 0.2) is 0 Å². The normalized spacial score (nSPS) is 10.8. The van der Waals surface area contributed by atoms with E-state index in [4.69, 9.17) is 9.47 Å². The van der Waals surface area contributed by atoms with Crippen molar-refractivity contribution in [2.75, 3.05) is 20.8 Å². The molecule has 0 spiro atoms. The Balaban J connectivity index is 2.45. The number of ether oxygens (including phenoxy) is 2. The van der Waals surface area contributed by atoms with E-state index in [1.165, 1.54) is 10.8 Å². The summed E-state index contributed by atoms with van der Waals surface area (Å²) in [5.41, 5.74) is 0.876. The fourth-order valence-electron chi connectivity index (χ4n) is 2.51. The SMILES string of the molecule is COCCCn1c(O)c(C=Nc2ccc(OC)cc2)c(C)c(C#N)c1=O. The molecule has 1 aromatic heterocycles. The first-order valence-electron chi connectivity index (χ1n) is 8.07. The molecule has 0 unspecified atom stereocenters. The highest BCUT2D eigenvalue weighted by Gasteiger charge is 2.17. The second kappa shape index (κ2) is 8.83. The van der Waals surface area contributed by atoms with Crippen molar-refractivity contribution in [3.63, 3.8) is 0 Å². The van der Waals surface area contributed by atoms with Gasteiger partial charge in [-0.1, -0.05) is 0 Å². The van der Waals surface area contributed by atoms with Crippen molar-refractivity contribution in [3.8, 4) is 17.7 Å². The molecule has 26 heavy (non-hydrogen) atoms. The van der Waals surface area contributed by atoms with Gasteiger partial charge in [-0.3, -0.25) is 14.4 Å². The van der Waals surface area contributed by atoms with Gasteiger partial charge in [0.05, 0.1) is 18.4 Å². The monoisotopic (exact) mass is 355 g/mol. The zero-order valence-electron chi connectivity index (χ0n) is 15.0. The Bertz CT molecular complexity index is 893. The molecule has 0 saturated heterocycles. The fourth-order valence-corrected chi connectivity index (χ4v) is 2.51. The number of aromatic nitrogens is 1. The molecule has 0 fully saturated rings. The number of aliphatic imine (C=N–C) groups is 1. The Labute approximate surface area is 151 Å². The molecule has 1 N–H and O–H groups in total. The summed E-state index contributed by atoms with van der Waals surface area (Å²) in [4.78, 5) is 16.7. The van der Waals surface area contributed by atoms with E-state index in [0.717, 1.165) is 0 Å². The lowest BCUT2D eigenvalue weighted by molar-refractivity contribution is 0.188. The molecule has 0 atom stereocenters. The minimum atomic E-state index is -0.514. The Kier molecular flexibility index (Phi) is 6.53. The van der Waals surface area contributed by atoms with Crippen LogP contribution in [0, 0.1) is 18.3 Å². The molecular formula is C19H21N3O4. The van der Waals surface area contributed by atoms with Gasteiger partial charge in [-0.05, 0) is 43.2 Å². The Hall–Kier alpha value is -3.11. The summed E-state index contributed by atoms with van der Waals surface area (Å²) in [7, 11) is 3.14. The van der Waals surface area contributed by atoms with Gasteiger partial charge in [0.25, 0.3) is 5.56 Å². The predicted octanol–water partition coefficient (Wildman–Crippen LogP) is 2.53. The Morgan fingerprint density at radius 3 is 2.58 bits per heavy atom. The molecule has 7 heteroatoms. The van der Waals surface area contributed by atoms with Crippen molar-refractivity contribution in [2.45, 2.75) is 19.9 Å². The minimum absolute atomic E-state index is 0.00334. The molecule has 0 aliphatic carbocycles. The van der Waals surface area contributed by atoms with Crippen LogP contribution >= 0.6 is 0 Å². The van der Waals surface area contributed by atoms with E-state index in [-0.39, 0.29) is 18.0 Å². The Morgan fingerprint density at radius 1 is 1.31 bits per heavy atom. The van der Waals surface area contributed by atoms with E-state index in [9.17, 15) is 15.2 Å². The van der Waals surface area contributed by atoms with Crippen LogP contribution in [0.15, 0.2) is 34.1 Å². The van der Waals surface area contributed by atoms with Gasteiger partial charge in [-0.2, -0.15) is 5.26 Å². The number of hydrogen-bond donors (Lipinski definition) is 1. The van der Waals surface area contributed by atoms with Crippen LogP contribution in [0.5, 0.6) is 11.6 Å². The summed E-state index contributed by atoms with van der Waals surface area (Å²) in [6, 6.07) is 8.99. The van der Waals surface area contributed by atoms with Gasteiger partial charge in [0.1, 0.15) is 17.4 Å². The second-order valence-electron chi connectivity index (χ2n) is 5.61. The van der Waals surface area contributed by atoms with E-state index in [1.54, 1.807) is 45.4 Å². The number of benzene rings is 1. The van der Waals surface area contributed by atoms with Crippen LogP contribution in [0.2, 0.25) is 0 Å². The summed E-state index contributed by atoms with van der Waals surface area (Å²) in [6.45, 7) is 2.31. The van der Waals surface area contributed by atoms with Crippen molar-refractivity contribution in [1.29, 1.82) is 5.26 Å². The van der Waals surface area contributed by atoms with E-state index < -0.39 is 5.56 Å². The zero-order valence-corrected chi connectivity index (χ0v) is 15.0. The standard InChI is InChI=1S/C19H21N3O4/c1-13-16(11-20)18(23)22(9-4-10-25-2)19(24)17(13)12-21-14-5-7-15(26-3)8-6-14/h5-8,12,24H,4,9-10H2,1-3H3. The van der Waals surface area contributed by atoms with Crippen molar-refractivity contribution in [3.05, 3.63) is 51.3 Å². The van der Waals surface area contributed by atoms with Crippen LogP contribution in [0.1, 0.15) is 23.1 Å². The summed E-state index contributed by atoms with van der Waals surface area (Å²) in [6.07, 6.45) is 1.99. The summed E-state index contributed by atoms with van der Waals surface area (Å²) >= 11 is 0. The molecular weight excluding hydrogens is 334 g/mol. The molecule has 2 aromatic rings. The van der Waals surface area contributed by atoms with Crippen LogP contribution in [-0.2, 0) is 11.3 Å². The minimum Gasteiger partial charge on any atom is -0.497 e. The largest absolute Gasteiger partial charge is 0.497 e. The van der Waals surface area contributed by atoms with Gasteiger partial charge < -0.3 is 14.6 Å². The quantitative estimate of drug-likeness (QED) is 0.608. The highest BCUT2D eigenvalue weighted by molar-refractivity contribution is 5.87. The fraction of sp³-hybridized carbons (Fsp3) is 0.316. The first-order valence-corrected chi connectivity index (χ1v) is 8.07. The molecule has 0 aliphatic heterocycles. The van der Waals surface area contributed by atoms with Gasteiger partial charge >= 0.3 is 0 Å². The van der Waals surface area contributed by atoms with E-state index in [0.29, 0.717) is 35.6 Å². The number of aromatic hydroxyl groups is 1. The van der Waals surface area contributed by atoms with Crippen LogP contribution in [0.25, 0.3) is 0 Å². The molecule has 0 amide bonds. The highest BCUT2D eigenvalue weighted by atomic mass is 16.5. The van der Waals surface area contributed by atoms with Gasteiger partial charge in [0.2, 0.25) is 5.88 Å². The molecule has 1 aromatic carbocycles. The van der Waals surface area contributed by atoms with Crippen molar-refractivity contribution in [2.24, 2.45) is 4.99 Å². The lowest BCUT2D eigenvalue weighted by Crippen LogP contribution is -2.26. The van der Waals surface area contributed by atoms with E-state index in [2.05, 4.69) is 4.99 Å². The average Bonchev–Trinajstić information content (AvgIpc) is 2.65. The lowest BCUT2D eigenvalue weighted by atomic mass is 10.1. The van der Waals surface area contributed by atoms with Gasteiger partial charge in [0, 0.05) is 26.5 Å². The molecule has 0 bridgehead atoms. The summed E-state index contributed by atoms with van der Waals surface area (Å²) in [5, 5.41) is 19.9. The summed E-state index contributed by atoms with van der Waals surface area (Å²) in [5.74, 6) is 0.501. The number of rotatable bonds is 7. The number of nitriles is 1. The van der Waals surface area contributed by atoms with Crippen LogP contribution < -0.4 is 10.3 Å². The van der Waals surface area contributed by atoms with Crippen molar-refractivity contribution >= 4 is 11.9 Å². The number of methoxy groups -OCH3 is 2. The van der Waals surface area contributed by atoms with E-state index in [1.807, 2.05) is 6.07 Å². The zero-order chi connectivity index (χ0) is 19.1. The number of nitrogens with zero attached hydrogens (tertiary/aromatic N) is 3. The molecule has 7 nitrogen and oxygen atoms in total. The van der Waals surface area contributed by atoms with Crippen molar-refractivity contribution < 1.29 is 14.6 Å². The van der Waals surface area contributed by atoms with Crippen LogP contribution in [-0.4, -0.2) is 36.7 Å². The first-order chi connectivity index (χ1) is 12.5. The van der Waals surface area contributed by atoms with Crippen LogP contribution in [0.4, 0.5) is 5.69 Å². The Morgan fingerprint density at radius 2 is 2.00 bits per heavy atom. The van der Waals surface area contributed by atoms with Gasteiger partial charge in [-0.15, -0.1) is 0 Å². The second-order valence-corrected chi connectivity index (χ2v) is 5.61. The number of hydrogen-bond acceptors (Lipinski definition) is 6. The predicted molar refractivity (Wildman–Crippen MR) is 98.6 cm³/mol.